The van der Waals surface area contributed by atoms with Gasteiger partial charge >= 0.3 is 0 Å². The molecule has 0 bridgehead atoms. The first kappa shape index (κ1) is 13.2. The molecule has 0 saturated carbocycles. The van der Waals surface area contributed by atoms with Crippen molar-refractivity contribution in [2.24, 2.45) is 11.8 Å². The molecule has 2 N–H and O–H groups in total. The normalized spacial score (nSPS) is 15.5. The molecule has 0 rings (SSSR count). The van der Waals surface area contributed by atoms with Crippen molar-refractivity contribution in [3.63, 3.8) is 0 Å². The molecule has 0 spiro atoms. The van der Waals surface area contributed by atoms with Crippen LogP contribution in [0, 0.1) is 11.8 Å². The molecule has 0 aliphatic rings. The third-order valence-electron chi connectivity index (χ3n) is 2.21. The molecular weight excluding hydrogens is 188 g/mol. The van der Waals surface area contributed by atoms with Crippen molar-refractivity contribution in [1.82, 2.24) is 0 Å². The monoisotopic (exact) mass is 208 g/mol. The Morgan fingerprint density at radius 2 is 1.77 bits per heavy atom. The topological polar surface area (TPSA) is 49.7 Å². The van der Waals surface area contributed by atoms with Gasteiger partial charge in [0.2, 0.25) is 0 Å². The molecule has 13 heavy (non-hydrogen) atoms. The third kappa shape index (κ3) is 4.86. The number of hydrogen-bond acceptors (Lipinski definition) is 4. The lowest BCUT2D eigenvalue weighted by Crippen LogP contribution is -2.33. The van der Waals surface area contributed by atoms with Crippen LogP contribution in [0.15, 0.2) is 0 Å². The van der Waals surface area contributed by atoms with Crippen molar-refractivity contribution in [2.75, 3.05) is 0 Å². The van der Waals surface area contributed by atoms with Crippen LogP contribution in [0.4, 0.5) is 0 Å². The SMILES string of the molecule is CC(C)C(CC(C)(C)OS)C(O)O. The van der Waals surface area contributed by atoms with Gasteiger partial charge in [-0.25, -0.2) is 0 Å². The highest BCUT2D eigenvalue weighted by atomic mass is 32.1. The molecule has 0 amide bonds. The fourth-order valence-electron chi connectivity index (χ4n) is 1.29. The summed E-state index contributed by atoms with van der Waals surface area (Å²) in [5.41, 5.74) is -0.429. The summed E-state index contributed by atoms with van der Waals surface area (Å²) in [6.07, 6.45) is -0.714. The van der Waals surface area contributed by atoms with Crippen molar-refractivity contribution < 1.29 is 14.4 Å². The van der Waals surface area contributed by atoms with E-state index in [-0.39, 0.29) is 11.8 Å². The van der Waals surface area contributed by atoms with E-state index in [4.69, 9.17) is 14.4 Å². The van der Waals surface area contributed by atoms with Crippen molar-refractivity contribution in [3.05, 3.63) is 0 Å². The fraction of sp³-hybridized carbons (Fsp3) is 1.00. The zero-order valence-corrected chi connectivity index (χ0v) is 9.58. The van der Waals surface area contributed by atoms with E-state index in [2.05, 4.69) is 12.9 Å². The van der Waals surface area contributed by atoms with Crippen molar-refractivity contribution in [1.29, 1.82) is 0 Å². The minimum Gasteiger partial charge on any atom is -0.368 e. The fourth-order valence-corrected chi connectivity index (χ4v) is 1.36. The maximum atomic E-state index is 9.12. The molecule has 0 radical (unpaired) electrons. The molecule has 0 aromatic heterocycles. The van der Waals surface area contributed by atoms with Gasteiger partial charge in [-0.1, -0.05) is 13.8 Å². The maximum absolute atomic E-state index is 9.12. The van der Waals surface area contributed by atoms with Crippen LogP contribution < -0.4 is 0 Å². The molecule has 0 saturated heterocycles. The standard InChI is InChI=1S/C9H20O3S/c1-6(2)7(8(10)11)5-9(3,4)12-13/h6-8,10-11,13H,5H2,1-4H3. The Labute approximate surface area is 85.7 Å². The van der Waals surface area contributed by atoms with E-state index < -0.39 is 11.9 Å². The first-order valence-corrected chi connectivity index (χ1v) is 4.85. The second-order valence-corrected chi connectivity index (χ2v) is 4.56. The molecule has 4 heteroatoms. The van der Waals surface area contributed by atoms with Crippen molar-refractivity contribution >= 4 is 12.9 Å². The van der Waals surface area contributed by atoms with Gasteiger partial charge in [-0.05, 0) is 39.1 Å². The Balaban J connectivity index is 4.26. The quantitative estimate of drug-likeness (QED) is 0.365. The lowest BCUT2D eigenvalue weighted by molar-refractivity contribution is -0.112. The van der Waals surface area contributed by atoms with Gasteiger partial charge in [0, 0.05) is 5.92 Å². The van der Waals surface area contributed by atoms with Gasteiger partial charge in [0.25, 0.3) is 0 Å². The molecule has 1 atom stereocenters. The molecular formula is C9H20O3S. The molecule has 1 unspecified atom stereocenters. The largest absolute Gasteiger partial charge is 0.368 e. The van der Waals surface area contributed by atoms with Crippen LogP contribution in [0.25, 0.3) is 0 Å². The zero-order valence-electron chi connectivity index (χ0n) is 8.69. The van der Waals surface area contributed by atoms with E-state index >= 15 is 0 Å². The van der Waals surface area contributed by atoms with Crippen LogP contribution in [0.1, 0.15) is 34.1 Å². The van der Waals surface area contributed by atoms with Gasteiger partial charge in [0.15, 0.2) is 6.29 Å². The van der Waals surface area contributed by atoms with Gasteiger partial charge in [-0.15, -0.1) is 0 Å². The van der Waals surface area contributed by atoms with Crippen LogP contribution in [-0.2, 0) is 4.18 Å². The molecule has 0 aliphatic heterocycles. The molecule has 0 aromatic rings. The lowest BCUT2D eigenvalue weighted by Gasteiger charge is -2.30. The van der Waals surface area contributed by atoms with E-state index in [1.54, 1.807) is 0 Å². The summed E-state index contributed by atoms with van der Waals surface area (Å²) in [6, 6.07) is 0. The summed E-state index contributed by atoms with van der Waals surface area (Å²) < 4.78 is 4.94. The number of aliphatic hydroxyl groups is 2. The summed E-state index contributed by atoms with van der Waals surface area (Å²) in [7, 11) is 0. The minimum atomic E-state index is -1.29. The average molecular weight is 208 g/mol. The Morgan fingerprint density at radius 1 is 1.31 bits per heavy atom. The summed E-state index contributed by atoms with van der Waals surface area (Å²) in [5, 5.41) is 18.2. The maximum Gasteiger partial charge on any atom is 0.154 e. The highest BCUT2D eigenvalue weighted by molar-refractivity contribution is 7.75. The van der Waals surface area contributed by atoms with Crippen molar-refractivity contribution in [2.45, 2.75) is 46.0 Å². The van der Waals surface area contributed by atoms with E-state index in [1.807, 2.05) is 27.7 Å². The second kappa shape index (κ2) is 5.20. The summed E-state index contributed by atoms with van der Waals surface area (Å²) in [5.74, 6) is 0.0323. The smallest absolute Gasteiger partial charge is 0.154 e. The van der Waals surface area contributed by atoms with Crippen LogP contribution in [0.2, 0.25) is 0 Å². The third-order valence-corrected chi connectivity index (χ3v) is 2.71. The molecule has 0 aromatic carbocycles. The number of aliphatic hydroxyl groups excluding tert-OH is 1. The Bertz CT molecular complexity index is 138. The predicted octanol–water partition coefficient (Wildman–Crippen LogP) is 1.60. The first-order chi connectivity index (χ1) is 5.80. The van der Waals surface area contributed by atoms with Crippen LogP contribution in [0.3, 0.4) is 0 Å². The van der Waals surface area contributed by atoms with Gasteiger partial charge in [-0.2, -0.15) is 0 Å². The summed E-state index contributed by atoms with van der Waals surface area (Å²) in [4.78, 5) is 0. The van der Waals surface area contributed by atoms with Gasteiger partial charge in [-0.3, -0.25) is 0 Å². The van der Waals surface area contributed by atoms with Gasteiger partial charge in [0.05, 0.1) is 5.60 Å². The molecule has 0 aliphatic carbocycles. The second-order valence-electron chi connectivity index (χ2n) is 4.38. The van der Waals surface area contributed by atoms with E-state index in [1.165, 1.54) is 0 Å². The Kier molecular flexibility index (Phi) is 5.29. The molecule has 0 fully saturated rings. The lowest BCUT2D eigenvalue weighted by atomic mass is 9.85. The van der Waals surface area contributed by atoms with Gasteiger partial charge in [0.1, 0.15) is 0 Å². The highest BCUT2D eigenvalue weighted by Crippen LogP contribution is 2.28. The highest BCUT2D eigenvalue weighted by Gasteiger charge is 2.29. The Morgan fingerprint density at radius 3 is 2.00 bits per heavy atom. The molecule has 0 heterocycles. The number of rotatable bonds is 5. The molecule has 3 nitrogen and oxygen atoms in total. The minimum absolute atomic E-state index is 0.179. The van der Waals surface area contributed by atoms with Crippen LogP contribution in [0.5, 0.6) is 0 Å². The van der Waals surface area contributed by atoms with Crippen molar-refractivity contribution in [3.8, 4) is 0 Å². The number of thiol groups is 1. The van der Waals surface area contributed by atoms with E-state index in [9.17, 15) is 0 Å². The first-order valence-electron chi connectivity index (χ1n) is 4.49. The zero-order chi connectivity index (χ0) is 10.6. The average Bonchev–Trinajstić information content (AvgIpc) is 1.99. The van der Waals surface area contributed by atoms with E-state index in [0.29, 0.717) is 6.42 Å². The Hall–Kier alpha value is 0.230. The summed E-state index contributed by atoms with van der Waals surface area (Å²) in [6.45, 7) is 7.66. The predicted molar refractivity (Wildman–Crippen MR) is 55.3 cm³/mol. The van der Waals surface area contributed by atoms with E-state index in [0.717, 1.165) is 0 Å². The van der Waals surface area contributed by atoms with Crippen LogP contribution in [-0.4, -0.2) is 22.1 Å². The molecule has 80 valence electrons. The van der Waals surface area contributed by atoms with Gasteiger partial charge < -0.3 is 14.4 Å². The summed E-state index contributed by atoms with van der Waals surface area (Å²) >= 11 is 3.75. The number of hydrogen-bond donors (Lipinski definition) is 3. The van der Waals surface area contributed by atoms with Crippen LogP contribution >= 0.6 is 12.9 Å².